The molecule has 0 spiro atoms. The molecule has 2 aromatic rings. The largest absolute Gasteiger partial charge is 0.494 e. The summed E-state index contributed by atoms with van der Waals surface area (Å²) in [6.45, 7) is 1.76. The third-order valence-corrected chi connectivity index (χ3v) is 4.50. The predicted octanol–water partition coefficient (Wildman–Crippen LogP) is 4.08. The summed E-state index contributed by atoms with van der Waals surface area (Å²) >= 11 is 11.9. The first kappa shape index (κ1) is 23.5. The number of benzene rings is 2. The third-order valence-electron chi connectivity index (χ3n) is 3.87. The summed E-state index contributed by atoms with van der Waals surface area (Å²) in [5.41, 5.74) is 0.606. The fourth-order valence-corrected chi connectivity index (χ4v) is 2.77. The molecule has 2 aromatic carbocycles. The van der Waals surface area contributed by atoms with Crippen LogP contribution in [0.25, 0.3) is 0 Å². The van der Waals surface area contributed by atoms with Gasteiger partial charge in [-0.15, -0.1) is 0 Å². The highest BCUT2D eigenvalue weighted by molar-refractivity contribution is 6.39. The zero-order valence-corrected chi connectivity index (χ0v) is 17.9. The van der Waals surface area contributed by atoms with Crippen LogP contribution in [0.4, 0.5) is 5.69 Å². The van der Waals surface area contributed by atoms with Gasteiger partial charge in [0.25, 0.3) is 11.8 Å². The van der Waals surface area contributed by atoms with Crippen molar-refractivity contribution >= 4 is 46.7 Å². The highest BCUT2D eigenvalue weighted by atomic mass is 35.5. The van der Waals surface area contributed by atoms with E-state index in [0.29, 0.717) is 17.9 Å². The van der Waals surface area contributed by atoms with Crippen LogP contribution in [0, 0.1) is 0 Å². The Morgan fingerprint density at radius 3 is 2.30 bits per heavy atom. The minimum absolute atomic E-state index is 0.234. The number of rotatable bonds is 10. The van der Waals surface area contributed by atoms with Crippen molar-refractivity contribution in [2.24, 2.45) is 0 Å². The van der Waals surface area contributed by atoms with Gasteiger partial charge >= 0.3 is 5.97 Å². The SMILES string of the molecule is CCCCOc1ccc(C(=O)NCC(=O)OCC(=O)Nc2c(Cl)cccc2Cl)cc1. The number of esters is 1. The lowest BCUT2D eigenvalue weighted by atomic mass is 10.2. The minimum atomic E-state index is -0.761. The first-order valence-corrected chi connectivity index (χ1v) is 10.1. The van der Waals surface area contributed by atoms with Crippen LogP contribution in [0.1, 0.15) is 30.1 Å². The number of carbonyl (C=O) groups is 3. The summed E-state index contributed by atoms with van der Waals surface area (Å²) in [5, 5.41) is 5.42. The number of anilines is 1. The Kier molecular flexibility index (Phi) is 9.44. The molecule has 160 valence electrons. The Morgan fingerprint density at radius 1 is 1.00 bits per heavy atom. The van der Waals surface area contributed by atoms with Crippen LogP contribution in [0.3, 0.4) is 0 Å². The van der Waals surface area contributed by atoms with Gasteiger partial charge in [-0.1, -0.05) is 42.6 Å². The maximum atomic E-state index is 12.1. The minimum Gasteiger partial charge on any atom is -0.494 e. The van der Waals surface area contributed by atoms with Crippen molar-refractivity contribution in [1.82, 2.24) is 5.32 Å². The summed E-state index contributed by atoms with van der Waals surface area (Å²) in [6, 6.07) is 11.3. The first-order valence-electron chi connectivity index (χ1n) is 9.31. The van der Waals surface area contributed by atoms with Crippen LogP contribution in [-0.2, 0) is 14.3 Å². The van der Waals surface area contributed by atoms with Gasteiger partial charge in [0.1, 0.15) is 12.3 Å². The average molecular weight is 453 g/mol. The lowest BCUT2D eigenvalue weighted by Crippen LogP contribution is -2.32. The summed E-state index contributed by atoms with van der Waals surface area (Å²) < 4.78 is 10.4. The smallest absolute Gasteiger partial charge is 0.325 e. The van der Waals surface area contributed by atoms with Crippen LogP contribution in [0.2, 0.25) is 10.0 Å². The Bertz CT molecular complexity index is 867. The molecule has 2 rings (SSSR count). The third kappa shape index (κ3) is 7.57. The summed E-state index contributed by atoms with van der Waals surface area (Å²) in [7, 11) is 0. The molecular weight excluding hydrogens is 431 g/mol. The van der Waals surface area contributed by atoms with E-state index in [1.807, 2.05) is 0 Å². The Morgan fingerprint density at radius 2 is 1.67 bits per heavy atom. The number of hydrogen-bond acceptors (Lipinski definition) is 5. The van der Waals surface area contributed by atoms with Crippen molar-refractivity contribution in [3.8, 4) is 5.75 Å². The molecule has 0 aliphatic heterocycles. The Labute approximate surface area is 184 Å². The molecule has 0 aliphatic rings. The lowest BCUT2D eigenvalue weighted by molar-refractivity contribution is -0.146. The number of ether oxygens (including phenoxy) is 2. The quantitative estimate of drug-likeness (QED) is 0.418. The highest BCUT2D eigenvalue weighted by Gasteiger charge is 2.13. The van der Waals surface area contributed by atoms with Crippen molar-refractivity contribution in [3.63, 3.8) is 0 Å². The number of amides is 2. The van der Waals surface area contributed by atoms with Gasteiger partial charge in [0.2, 0.25) is 0 Å². The van der Waals surface area contributed by atoms with Crippen molar-refractivity contribution in [1.29, 1.82) is 0 Å². The van der Waals surface area contributed by atoms with Crippen LogP contribution in [0.15, 0.2) is 42.5 Å². The zero-order valence-electron chi connectivity index (χ0n) is 16.4. The monoisotopic (exact) mass is 452 g/mol. The lowest BCUT2D eigenvalue weighted by Gasteiger charge is -2.10. The molecule has 0 saturated carbocycles. The Balaban J connectivity index is 1.73. The molecule has 0 aromatic heterocycles. The van der Waals surface area contributed by atoms with E-state index in [-0.39, 0.29) is 22.3 Å². The van der Waals surface area contributed by atoms with Crippen LogP contribution in [-0.4, -0.2) is 37.5 Å². The number of halogens is 2. The van der Waals surface area contributed by atoms with Crippen LogP contribution < -0.4 is 15.4 Å². The second-order valence-corrected chi connectivity index (χ2v) is 7.03. The molecule has 9 heteroatoms. The van der Waals surface area contributed by atoms with Gasteiger partial charge in [0.15, 0.2) is 6.61 Å². The maximum absolute atomic E-state index is 12.1. The van der Waals surface area contributed by atoms with Gasteiger partial charge in [-0.25, -0.2) is 0 Å². The summed E-state index contributed by atoms with van der Waals surface area (Å²) in [5.74, 6) is -1.14. The molecule has 0 radical (unpaired) electrons. The second-order valence-electron chi connectivity index (χ2n) is 6.21. The Hall–Kier alpha value is -2.77. The van der Waals surface area contributed by atoms with E-state index < -0.39 is 24.4 Å². The number of nitrogens with one attached hydrogen (secondary N) is 2. The number of para-hydroxylation sites is 1. The number of carbonyl (C=O) groups excluding carboxylic acids is 3. The number of unbranched alkanes of at least 4 members (excludes halogenated alkanes) is 1. The van der Waals surface area contributed by atoms with Crippen LogP contribution in [0.5, 0.6) is 5.75 Å². The molecule has 0 heterocycles. The van der Waals surface area contributed by atoms with Crippen molar-refractivity contribution in [2.45, 2.75) is 19.8 Å². The average Bonchev–Trinajstić information content (AvgIpc) is 2.74. The van der Waals surface area contributed by atoms with Gasteiger partial charge in [-0.05, 0) is 42.8 Å². The summed E-state index contributed by atoms with van der Waals surface area (Å²) in [6.07, 6.45) is 1.99. The normalized spacial score (nSPS) is 10.2. The molecule has 0 atom stereocenters. The molecule has 30 heavy (non-hydrogen) atoms. The van der Waals surface area contributed by atoms with Gasteiger partial charge in [-0.3, -0.25) is 14.4 Å². The fourth-order valence-electron chi connectivity index (χ4n) is 2.28. The zero-order chi connectivity index (χ0) is 21.9. The molecule has 0 bridgehead atoms. The first-order chi connectivity index (χ1) is 14.4. The van der Waals surface area contributed by atoms with E-state index in [1.165, 1.54) is 0 Å². The van der Waals surface area contributed by atoms with Gasteiger partial charge < -0.3 is 20.1 Å². The van der Waals surface area contributed by atoms with Crippen LogP contribution >= 0.6 is 23.2 Å². The standard InChI is InChI=1S/C21H22Cl2N2O5/c1-2-3-11-29-15-9-7-14(8-10-15)21(28)24-12-19(27)30-13-18(26)25-20-16(22)5-4-6-17(20)23/h4-10H,2-3,11-13H2,1H3,(H,24,28)(H,25,26). The molecular formula is C21H22Cl2N2O5. The van der Waals surface area contributed by atoms with Crippen molar-refractivity contribution in [2.75, 3.05) is 25.1 Å². The van der Waals surface area contributed by atoms with E-state index in [2.05, 4.69) is 17.6 Å². The molecule has 0 saturated heterocycles. The highest BCUT2D eigenvalue weighted by Crippen LogP contribution is 2.29. The molecule has 0 fully saturated rings. The van der Waals surface area contributed by atoms with E-state index in [4.69, 9.17) is 32.7 Å². The van der Waals surface area contributed by atoms with Crippen molar-refractivity contribution < 1.29 is 23.9 Å². The predicted molar refractivity (Wildman–Crippen MR) is 115 cm³/mol. The van der Waals surface area contributed by atoms with Gasteiger partial charge in [0, 0.05) is 5.56 Å². The molecule has 0 unspecified atom stereocenters. The van der Waals surface area contributed by atoms with E-state index in [0.717, 1.165) is 12.8 Å². The fraction of sp³-hybridized carbons (Fsp3) is 0.286. The topological polar surface area (TPSA) is 93.7 Å². The second kappa shape index (κ2) is 12.0. The molecule has 7 nitrogen and oxygen atoms in total. The van der Waals surface area contributed by atoms with E-state index in [9.17, 15) is 14.4 Å². The number of hydrogen-bond donors (Lipinski definition) is 2. The van der Waals surface area contributed by atoms with E-state index in [1.54, 1.807) is 42.5 Å². The molecule has 2 N–H and O–H groups in total. The van der Waals surface area contributed by atoms with Crippen molar-refractivity contribution in [3.05, 3.63) is 58.1 Å². The maximum Gasteiger partial charge on any atom is 0.325 e. The molecule has 0 aliphatic carbocycles. The summed E-state index contributed by atoms with van der Waals surface area (Å²) in [4.78, 5) is 35.8. The van der Waals surface area contributed by atoms with Gasteiger partial charge in [-0.2, -0.15) is 0 Å². The van der Waals surface area contributed by atoms with Gasteiger partial charge in [0.05, 0.1) is 22.3 Å². The molecule has 2 amide bonds. The van der Waals surface area contributed by atoms with E-state index >= 15 is 0 Å².